The molecule has 3 heterocycles. The molecule has 7 heteroatoms. The lowest BCUT2D eigenvalue weighted by atomic mass is 10.1. The first-order chi connectivity index (χ1) is 12.8. The van der Waals surface area contributed by atoms with Gasteiger partial charge >= 0.3 is 0 Å². The molecule has 0 bridgehead atoms. The normalized spacial score (nSPS) is 12.1. The first-order valence-corrected chi connectivity index (χ1v) is 8.27. The van der Waals surface area contributed by atoms with Gasteiger partial charge in [-0.25, -0.2) is 15.0 Å². The van der Waals surface area contributed by atoms with Gasteiger partial charge in [0.2, 0.25) is 0 Å². The minimum Gasteiger partial charge on any atom is -0.497 e. The number of methoxy groups -OCH3 is 1. The van der Waals surface area contributed by atoms with Crippen molar-refractivity contribution in [2.24, 2.45) is 0 Å². The van der Waals surface area contributed by atoms with Crippen LogP contribution in [0.2, 0.25) is 0 Å². The molecule has 1 unspecified atom stereocenters. The molecule has 0 amide bonds. The van der Waals surface area contributed by atoms with Crippen LogP contribution in [0, 0.1) is 0 Å². The number of anilines is 1. The zero-order chi connectivity index (χ0) is 17.9. The van der Waals surface area contributed by atoms with Crippen LogP contribution in [0.3, 0.4) is 0 Å². The van der Waals surface area contributed by atoms with Gasteiger partial charge in [-0.1, -0.05) is 18.2 Å². The molecular formula is C19H18N6O. The zero-order valence-electron chi connectivity index (χ0n) is 14.5. The molecule has 0 radical (unpaired) electrons. The molecule has 0 saturated carbocycles. The number of hydrogen-bond donors (Lipinski definition) is 1. The number of nitrogens with zero attached hydrogens (tertiary/aromatic N) is 5. The Bertz CT molecular complexity index is 1030. The number of ether oxygens (including phenoxy) is 1. The van der Waals surface area contributed by atoms with Crippen LogP contribution in [0.15, 0.2) is 61.2 Å². The van der Waals surface area contributed by atoms with Crippen molar-refractivity contribution in [1.82, 2.24) is 24.7 Å². The van der Waals surface area contributed by atoms with Crippen molar-refractivity contribution in [3.05, 3.63) is 66.7 Å². The summed E-state index contributed by atoms with van der Waals surface area (Å²) >= 11 is 0. The van der Waals surface area contributed by atoms with Gasteiger partial charge in [-0.05, 0) is 36.8 Å². The molecule has 0 saturated heterocycles. The highest BCUT2D eigenvalue weighted by molar-refractivity contribution is 5.87. The topological polar surface area (TPSA) is 77.8 Å². The molecule has 1 aromatic carbocycles. The lowest BCUT2D eigenvalue weighted by Gasteiger charge is -2.16. The Hall–Kier alpha value is -3.48. The molecule has 7 nitrogen and oxygen atoms in total. The van der Waals surface area contributed by atoms with E-state index in [0.717, 1.165) is 22.5 Å². The van der Waals surface area contributed by atoms with Gasteiger partial charge in [0.25, 0.3) is 0 Å². The van der Waals surface area contributed by atoms with Crippen LogP contribution in [0.25, 0.3) is 16.9 Å². The lowest BCUT2D eigenvalue weighted by molar-refractivity contribution is 0.414. The number of nitrogens with one attached hydrogen (secondary N) is 1. The van der Waals surface area contributed by atoms with E-state index in [2.05, 4.69) is 38.4 Å². The van der Waals surface area contributed by atoms with E-state index < -0.39 is 0 Å². The summed E-state index contributed by atoms with van der Waals surface area (Å²) in [6.07, 6.45) is 5.02. The number of hydrogen-bond acceptors (Lipinski definition) is 6. The summed E-state index contributed by atoms with van der Waals surface area (Å²) in [5.74, 6) is 2.27. The highest BCUT2D eigenvalue weighted by Gasteiger charge is 2.14. The fourth-order valence-electron chi connectivity index (χ4n) is 2.81. The van der Waals surface area contributed by atoms with E-state index in [1.54, 1.807) is 24.2 Å². The predicted octanol–water partition coefficient (Wildman–Crippen LogP) is 3.39. The standard InChI is InChI=1S/C19H18N6O/c1-13(14-6-5-7-15(10-14)26-2)24-18-16-11-23-25(19(16)22-12-21-18)17-8-3-4-9-20-17/h3-13H,1-2H3,(H,21,22,24). The van der Waals surface area contributed by atoms with Gasteiger partial charge in [-0.3, -0.25) is 0 Å². The molecule has 0 aliphatic carbocycles. The monoisotopic (exact) mass is 346 g/mol. The number of benzene rings is 1. The van der Waals surface area contributed by atoms with Gasteiger partial charge in [0.15, 0.2) is 11.5 Å². The Morgan fingerprint density at radius 1 is 1.08 bits per heavy atom. The maximum atomic E-state index is 5.30. The van der Waals surface area contributed by atoms with Crippen molar-refractivity contribution in [3.8, 4) is 11.6 Å². The summed E-state index contributed by atoms with van der Waals surface area (Å²) in [5, 5.41) is 8.70. The Labute approximate surface area is 150 Å². The maximum Gasteiger partial charge on any atom is 0.170 e. The molecular weight excluding hydrogens is 328 g/mol. The van der Waals surface area contributed by atoms with Gasteiger partial charge in [0, 0.05) is 6.20 Å². The molecule has 3 aromatic heterocycles. The van der Waals surface area contributed by atoms with E-state index in [1.165, 1.54) is 6.33 Å². The van der Waals surface area contributed by atoms with E-state index in [0.29, 0.717) is 11.5 Å². The largest absolute Gasteiger partial charge is 0.497 e. The minimum atomic E-state index is 0.0430. The van der Waals surface area contributed by atoms with Crippen molar-refractivity contribution >= 4 is 16.9 Å². The second-order valence-corrected chi connectivity index (χ2v) is 5.85. The molecule has 1 N–H and O–H groups in total. The lowest BCUT2D eigenvalue weighted by Crippen LogP contribution is -2.09. The molecule has 4 aromatic rings. The molecule has 0 aliphatic heterocycles. The fourth-order valence-corrected chi connectivity index (χ4v) is 2.81. The van der Waals surface area contributed by atoms with Crippen molar-refractivity contribution in [2.45, 2.75) is 13.0 Å². The van der Waals surface area contributed by atoms with Gasteiger partial charge < -0.3 is 10.1 Å². The van der Waals surface area contributed by atoms with Crippen LogP contribution in [0.1, 0.15) is 18.5 Å². The highest BCUT2D eigenvalue weighted by Crippen LogP contribution is 2.26. The third kappa shape index (κ3) is 2.95. The highest BCUT2D eigenvalue weighted by atomic mass is 16.5. The number of aromatic nitrogens is 5. The molecule has 1 atom stereocenters. The van der Waals surface area contributed by atoms with Gasteiger partial charge in [0.05, 0.1) is 24.7 Å². The van der Waals surface area contributed by atoms with Crippen LogP contribution in [-0.2, 0) is 0 Å². The van der Waals surface area contributed by atoms with Gasteiger partial charge in [-0.15, -0.1) is 0 Å². The summed E-state index contributed by atoms with van der Waals surface area (Å²) < 4.78 is 7.01. The Morgan fingerprint density at radius 3 is 2.81 bits per heavy atom. The Balaban J connectivity index is 1.68. The summed E-state index contributed by atoms with van der Waals surface area (Å²) in [7, 11) is 1.66. The average molecular weight is 346 g/mol. The van der Waals surface area contributed by atoms with E-state index in [9.17, 15) is 0 Å². The van der Waals surface area contributed by atoms with Crippen molar-refractivity contribution in [3.63, 3.8) is 0 Å². The minimum absolute atomic E-state index is 0.0430. The molecule has 0 aliphatic rings. The third-order valence-corrected chi connectivity index (χ3v) is 4.18. The van der Waals surface area contributed by atoms with E-state index in [1.807, 2.05) is 36.4 Å². The summed E-state index contributed by atoms with van der Waals surface area (Å²) in [5.41, 5.74) is 1.81. The quantitative estimate of drug-likeness (QED) is 0.597. The fraction of sp³-hybridized carbons (Fsp3) is 0.158. The summed E-state index contributed by atoms with van der Waals surface area (Å²) in [4.78, 5) is 13.1. The average Bonchev–Trinajstić information content (AvgIpc) is 3.14. The first-order valence-electron chi connectivity index (χ1n) is 8.27. The number of pyridine rings is 1. The van der Waals surface area contributed by atoms with Crippen molar-refractivity contribution in [1.29, 1.82) is 0 Å². The Morgan fingerprint density at radius 2 is 2.00 bits per heavy atom. The second kappa shape index (κ2) is 6.79. The maximum absolute atomic E-state index is 5.30. The van der Waals surface area contributed by atoms with Crippen LogP contribution in [0.5, 0.6) is 5.75 Å². The molecule has 0 spiro atoms. The van der Waals surface area contributed by atoms with Crippen LogP contribution >= 0.6 is 0 Å². The zero-order valence-corrected chi connectivity index (χ0v) is 14.5. The smallest absolute Gasteiger partial charge is 0.170 e. The second-order valence-electron chi connectivity index (χ2n) is 5.85. The van der Waals surface area contributed by atoms with E-state index in [-0.39, 0.29) is 6.04 Å². The molecule has 4 rings (SSSR count). The van der Waals surface area contributed by atoms with Crippen molar-refractivity contribution < 1.29 is 4.74 Å². The summed E-state index contributed by atoms with van der Waals surface area (Å²) in [6.45, 7) is 2.08. The first kappa shape index (κ1) is 16.0. The predicted molar refractivity (Wildman–Crippen MR) is 99.5 cm³/mol. The van der Waals surface area contributed by atoms with Gasteiger partial charge in [-0.2, -0.15) is 9.78 Å². The van der Waals surface area contributed by atoms with Crippen LogP contribution in [-0.4, -0.2) is 31.8 Å². The van der Waals surface area contributed by atoms with E-state index in [4.69, 9.17) is 4.74 Å². The molecule has 130 valence electrons. The summed E-state index contributed by atoms with van der Waals surface area (Å²) in [6, 6.07) is 13.7. The molecule has 0 fully saturated rings. The Kier molecular flexibility index (Phi) is 4.18. The molecule has 26 heavy (non-hydrogen) atoms. The SMILES string of the molecule is COc1cccc(C(C)Nc2ncnc3c2cnn3-c2ccccn2)c1. The van der Waals surface area contributed by atoms with Crippen LogP contribution < -0.4 is 10.1 Å². The third-order valence-electron chi connectivity index (χ3n) is 4.18. The van der Waals surface area contributed by atoms with Gasteiger partial charge in [0.1, 0.15) is 17.9 Å². The van der Waals surface area contributed by atoms with Crippen molar-refractivity contribution in [2.75, 3.05) is 12.4 Å². The number of fused-ring (bicyclic) bond motifs is 1. The van der Waals surface area contributed by atoms with E-state index >= 15 is 0 Å². The van der Waals surface area contributed by atoms with Crippen LogP contribution in [0.4, 0.5) is 5.82 Å². The number of rotatable bonds is 5.